The fraction of sp³-hybridized carbons (Fsp3) is 0.292. The van der Waals surface area contributed by atoms with Crippen molar-refractivity contribution in [1.82, 2.24) is 10.1 Å². The molecule has 0 radical (unpaired) electrons. The summed E-state index contributed by atoms with van der Waals surface area (Å²) in [5.41, 5.74) is 1.21. The molecule has 1 N–H and O–H groups in total. The molecule has 0 aliphatic rings. The molecule has 30 heavy (non-hydrogen) atoms. The third-order valence-electron chi connectivity index (χ3n) is 4.79. The van der Waals surface area contributed by atoms with E-state index in [1.54, 1.807) is 17.9 Å². The van der Waals surface area contributed by atoms with Crippen molar-refractivity contribution < 1.29 is 14.1 Å². The number of anilines is 1. The first-order chi connectivity index (χ1) is 14.3. The van der Waals surface area contributed by atoms with Crippen LogP contribution in [0.25, 0.3) is 0 Å². The van der Waals surface area contributed by atoms with Crippen molar-refractivity contribution in [3.63, 3.8) is 0 Å². The van der Waals surface area contributed by atoms with Crippen LogP contribution in [-0.2, 0) is 9.59 Å². The number of nitrogens with one attached hydrogen (secondary N) is 1. The van der Waals surface area contributed by atoms with Gasteiger partial charge in [-0.25, -0.2) is 0 Å². The van der Waals surface area contributed by atoms with E-state index in [0.29, 0.717) is 11.6 Å². The van der Waals surface area contributed by atoms with Crippen LogP contribution < -0.4 is 5.32 Å². The van der Waals surface area contributed by atoms with Gasteiger partial charge in [0.1, 0.15) is 12.3 Å². The molecule has 0 aliphatic carbocycles. The molecule has 0 spiro atoms. The van der Waals surface area contributed by atoms with Gasteiger partial charge >= 0.3 is 0 Å². The maximum atomic E-state index is 13.8. The van der Waals surface area contributed by atoms with Gasteiger partial charge in [0.25, 0.3) is 0 Å². The first-order valence-electron chi connectivity index (χ1n) is 9.90. The Bertz CT molecular complexity index is 952. The quantitative estimate of drug-likeness (QED) is 0.660. The predicted molar refractivity (Wildman–Crippen MR) is 116 cm³/mol. The zero-order valence-electron chi connectivity index (χ0n) is 17.8. The van der Waals surface area contributed by atoms with E-state index >= 15 is 0 Å². The number of carbonyl (C=O) groups excluding carboxylic acids is 2. The predicted octanol–water partition coefficient (Wildman–Crippen LogP) is 4.38. The van der Waals surface area contributed by atoms with Gasteiger partial charge in [0.05, 0.1) is 5.92 Å². The molecule has 6 heteroatoms. The molecule has 3 aromatic rings. The Hall–Kier alpha value is -3.41. The molecule has 2 aromatic carbocycles. The summed E-state index contributed by atoms with van der Waals surface area (Å²) in [7, 11) is 0. The van der Waals surface area contributed by atoms with Crippen molar-refractivity contribution in [3.8, 4) is 0 Å². The van der Waals surface area contributed by atoms with Crippen molar-refractivity contribution in [1.29, 1.82) is 0 Å². The first-order valence-corrected chi connectivity index (χ1v) is 9.90. The van der Waals surface area contributed by atoms with Crippen LogP contribution in [0, 0.1) is 6.92 Å². The maximum Gasteiger partial charge on any atom is 0.245 e. The van der Waals surface area contributed by atoms with Crippen molar-refractivity contribution in [3.05, 3.63) is 83.6 Å². The minimum atomic E-state index is -0.560. The Labute approximate surface area is 176 Å². The Kier molecular flexibility index (Phi) is 6.35. The number of rotatable bonds is 6. The highest BCUT2D eigenvalue weighted by molar-refractivity contribution is 5.96. The van der Waals surface area contributed by atoms with E-state index in [0.717, 1.165) is 11.1 Å². The Morgan fingerprint density at radius 3 is 1.97 bits per heavy atom. The summed E-state index contributed by atoms with van der Waals surface area (Å²) in [6, 6.07) is 20.9. The lowest BCUT2D eigenvalue weighted by Gasteiger charge is -2.37. The third kappa shape index (κ3) is 5.14. The smallest absolute Gasteiger partial charge is 0.245 e. The SMILES string of the molecule is Cc1cc(NC(=O)CN(C(=O)C(c2ccccc2)c2ccccc2)C(C)(C)C)no1. The topological polar surface area (TPSA) is 75.4 Å². The molecule has 3 rings (SSSR count). The number of carbonyl (C=O) groups is 2. The van der Waals surface area contributed by atoms with E-state index in [4.69, 9.17) is 4.52 Å². The number of hydrogen-bond donors (Lipinski definition) is 1. The molecular formula is C24H27N3O3. The van der Waals surface area contributed by atoms with E-state index in [9.17, 15) is 9.59 Å². The second kappa shape index (κ2) is 8.95. The summed E-state index contributed by atoms with van der Waals surface area (Å²) in [4.78, 5) is 28.1. The van der Waals surface area contributed by atoms with Gasteiger partial charge < -0.3 is 14.7 Å². The van der Waals surface area contributed by atoms with Crippen LogP contribution in [0.5, 0.6) is 0 Å². The number of benzene rings is 2. The number of hydrogen-bond acceptors (Lipinski definition) is 4. The van der Waals surface area contributed by atoms with Crippen LogP contribution in [0.1, 0.15) is 43.6 Å². The van der Waals surface area contributed by atoms with Gasteiger partial charge in [-0.15, -0.1) is 0 Å². The van der Waals surface area contributed by atoms with Gasteiger partial charge in [-0.1, -0.05) is 65.8 Å². The van der Waals surface area contributed by atoms with Gasteiger partial charge in [0, 0.05) is 11.6 Å². The molecule has 0 unspecified atom stereocenters. The van der Waals surface area contributed by atoms with Crippen LogP contribution >= 0.6 is 0 Å². The van der Waals surface area contributed by atoms with Gasteiger partial charge in [-0.3, -0.25) is 9.59 Å². The normalized spacial score (nSPS) is 11.4. The lowest BCUT2D eigenvalue weighted by molar-refractivity contribution is -0.140. The summed E-state index contributed by atoms with van der Waals surface area (Å²) in [5, 5.41) is 6.49. The average Bonchev–Trinajstić information content (AvgIpc) is 3.11. The highest BCUT2D eigenvalue weighted by Gasteiger charge is 2.35. The minimum Gasteiger partial charge on any atom is -0.360 e. The number of nitrogens with zero attached hydrogens (tertiary/aromatic N) is 2. The molecule has 6 nitrogen and oxygen atoms in total. The molecule has 0 saturated heterocycles. The second-order valence-corrected chi connectivity index (χ2v) is 8.22. The fourth-order valence-electron chi connectivity index (χ4n) is 3.32. The minimum absolute atomic E-state index is 0.0928. The highest BCUT2D eigenvalue weighted by atomic mass is 16.5. The molecule has 156 valence electrons. The molecular weight excluding hydrogens is 378 g/mol. The molecule has 0 bridgehead atoms. The molecule has 0 aliphatic heterocycles. The lowest BCUT2D eigenvalue weighted by atomic mass is 9.88. The Morgan fingerprint density at radius 2 is 1.53 bits per heavy atom. The summed E-state index contributed by atoms with van der Waals surface area (Å²) in [6.07, 6.45) is 0. The number of amides is 2. The van der Waals surface area contributed by atoms with Gasteiger partial charge in [-0.2, -0.15) is 0 Å². The monoisotopic (exact) mass is 405 g/mol. The summed E-state index contributed by atoms with van der Waals surface area (Å²) in [6.45, 7) is 7.42. The summed E-state index contributed by atoms with van der Waals surface area (Å²) < 4.78 is 4.99. The molecule has 1 aromatic heterocycles. The fourth-order valence-corrected chi connectivity index (χ4v) is 3.32. The van der Waals surface area contributed by atoms with E-state index in [1.807, 2.05) is 81.4 Å². The van der Waals surface area contributed by atoms with Crippen LogP contribution in [0.2, 0.25) is 0 Å². The van der Waals surface area contributed by atoms with E-state index in [-0.39, 0.29) is 18.4 Å². The average molecular weight is 405 g/mol. The van der Waals surface area contributed by atoms with Gasteiger partial charge in [0.2, 0.25) is 11.8 Å². The standard InChI is InChI=1S/C24H27N3O3/c1-17-15-20(26-30-17)25-21(28)16-27(24(2,3)4)23(29)22(18-11-7-5-8-12-18)19-13-9-6-10-14-19/h5-15,22H,16H2,1-4H3,(H,25,26,28). The van der Waals surface area contributed by atoms with E-state index in [2.05, 4.69) is 10.5 Å². The Balaban J connectivity index is 1.91. The number of aryl methyl sites for hydroxylation is 1. The lowest BCUT2D eigenvalue weighted by Crippen LogP contribution is -2.51. The van der Waals surface area contributed by atoms with E-state index < -0.39 is 11.5 Å². The molecule has 0 saturated carbocycles. The third-order valence-corrected chi connectivity index (χ3v) is 4.79. The van der Waals surface area contributed by atoms with Crippen molar-refractivity contribution >= 4 is 17.6 Å². The second-order valence-electron chi connectivity index (χ2n) is 8.22. The summed E-state index contributed by atoms with van der Waals surface area (Å²) in [5.74, 6) is -0.0321. The van der Waals surface area contributed by atoms with Crippen LogP contribution in [0.4, 0.5) is 5.82 Å². The van der Waals surface area contributed by atoms with Crippen molar-refractivity contribution in [2.24, 2.45) is 0 Å². The van der Waals surface area contributed by atoms with Crippen LogP contribution in [0.15, 0.2) is 71.3 Å². The van der Waals surface area contributed by atoms with Crippen molar-refractivity contribution in [2.45, 2.75) is 39.2 Å². The molecule has 0 fully saturated rings. The summed E-state index contributed by atoms with van der Waals surface area (Å²) >= 11 is 0. The molecule has 1 heterocycles. The maximum absolute atomic E-state index is 13.8. The number of aromatic nitrogens is 1. The zero-order valence-corrected chi connectivity index (χ0v) is 17.8. The molecule has 0 atom stereocenters. The largest absolute Gasteiger partial charge is 0.360 e. The van der Waals surface area contributed by atoms with Crippen molar-refractivity contribution in [2.75, 3.05) is 11.9 Å². The van der Waals surface area contributed by atoms with Crippen LogP contribution in [-0.4, -0.2) is 34.0 Å². The van der Waals surface area contributed by atoms with Gasteiger partial charge in [-0.05, 0) is 38.8 Å². The van der Waals surface area contributed by atoms with Crippen LogP contribution in [0.3, 0.4) is 0 Å². The zero-order chi connectivity index (χ0) is 21.7. The molecule has 2 amide bonds. The highest BCUT2D eigenvalue weighted by Crippen LogP contribution is 2.29. The van der Waals surface area contributed by atoms with Gasteiger partial charge in [0.15, 0.2) is 5.82 Å². The van der Waals surface area contributed by atoms with E-state index in [1.165, 1.54) is 0 Å². The first kappa shape index (κ1) is 21.3. The Morgan fingerprint density at radius 1 is 1.00 bits per heavy atom.